The second-order valence-corrected chi connectivity index (χ2v) is 4.34. The molecule has 0 unspecified atom stereocenters. The number of hydrogen-bond acceptors (Lipinski definition) is 2. The molecule has 0 aliphatic carbocycles. The van der Waals surface area contributed by atoms with Crippen molar-refractivity contribution in [1.82, 2.24) is 15.1 Å². The summed E-state index contributed by atoms with van der Waals surface area (Å²) in [4.78, 5) is 0. The lowest BCUT2D eigenvalue weighted by molar-refractivity contribution is 0.623. The van der Waals surface area contributed by atoms with Crippen LogP contribution in [0.25, 0.3) is 6.08 Å². The lowest BCUT2D eigenvalue weighted by atomic mass is 10.1. The second kappa shape index (κ2) is 5.12. The molecule has 0 fully saturated rings. The maximum absolute atomic E-state index is 4.22. The minimum atomic E-state index is 0.531. The van der Waals surface area contributed by atoms with Crippen molar-refractivity contribution in [2.45, 2.75) is 33.7 Å². The van der Waals surface area contributed by atoms with E-state index in [2.05, 4.69) is 44.2 Å². The van der Waals surface area contributed by atoms with Gasteiger partial charge in [0.05, 0.1) is 6.20 Å². The fourth-order valence-electron chi connectivity index (χ4n) is 1.34. The summed E-state index contributed by atoms with van der Waals surface area (Å²) >= 11 is 0. The summed E-state index contributed by atoms with van der Waals surface area (Å²) in [6, 6.07) is 0.531. The van der Waals surface area contributed by atoms with E-state index in [9.17, 15) is 0 Å². The molecule has 1 heterocycles. The maximum Gasteiger partial charge on any atom is 0.0564 e. The Morgan fingerprint density at radius 1 is 1.60 bits per heavy atom. The zero-order chi connectivity index (χ0) is 11.4. The van der Waals surface area contributed by atoms with Crippen LogP contribution in [0.4, 0.5) is 0 Å². The van der Waals surface area contributed by atoms with E-state index in [0.717, 1.165) is 6.54 Å². The average molecular weight is 207 g/mol. The fraction of sp³-hybridized carbons (Fsp3) is 0.583. The molecule has 1 aromatic rings. The monoisotopic (exact) mass is 207 g/mol. The normalized spacial score (nSPS) is 12.5. The first kappa shape index (κ1) is 12.0. The molecule has 0 aliphatic rings. The van der Waals surface area contributed by atoms with Crippen molar-refractivity contribution in [3.63, 3.8) is 0 Å². The van der Waals surface area contributed by atoms with Crippen molar-refractivity contribution >= 4 is 6.08 Å². The van der Waals surface area contributed by atoms with Gasteiger partial charge in [-0.05, 0) is 13.8 Å². The Kier molecular flexibility index (Phi) is 4.09. The molecule has 3 heteroatoms. The Hall–Kier alpha value is -1.09. The fourth-order valence-corrected chi connectivity index (χ4v) is 1.34. The average Bonchev–Trinajstić information content (AvgIpc) is 2.47. The van der Waals surface area contributed by atoms with Gasteiger partial charge in [0, 0.05) is 30.9 Å². The van der Waals surface area contributed by atoms with Crippen LogP contribution in [0, 0.1) is 6.92 Å². The Labute approximate surface area is 92.2 Å². The van der Waals surface area contributed by atoms with E-state index >= 15 is 0 Å². The van der Waals surface area contributed by atoms with Gasteiger partial charge in [0.15, 0.2) is 0 Å². The number of aryl methyl sites for hydroxylation is 1. The predicted octanol–water partition coefficient (Wildman–Crippen LogP) is 2.13. The maximum atomic E-state index is 4.22. The molecule has 0 aliphatic heterocycles. The van der Waals surface area contributed by atoms with Crippen LogP contribution in [-0.4, -0.2) is 22.4 Å². The zero-order valence-corrected chi connectivity index (χ0v) is 10.3. The first-order valence-corrected chi connectivity index (χ1v) is 5.40. The number of hydrogen-bond donors (Lipinski definition) is 1. The highest BCUT2D eigenvalue weighted by Crippen LogP contribution is 2.10. The zero-order valence-electron chi connectivity index (χ0n) is 10.3. The third-order valence-electron chi connectivity index (χ3n) is 2.46. The van der Waals surface area contributed by atoms with Gasteiger partial charge in [-0.3, -0.25) is 4.68 Å². The molecule has 0 atom stereocenters. The molecule has 0 amide bonds. The van der Waals surface area contributed by atoms with Crippen LogP contribution >= 0.6 is 0 Å². The molecule has 0 saturated carbocycles. The van der Waals surface area contributed by atoms with Crippen molar-refractivity contribution in [2.24, 2.45) is 7.05 Å². The SMILES string of the molecule is CC(=Cc1cnn(C)c1C)CNC(C)C. The van der Waals surface area contributed by atoms with E-state index in [4.69, 9.17) is 0 Å². The third kappa shape index (κ3) is 3.51. The van der Waals surface area contributed by atoms with Gasteiger partial charge in [-0.1, -0.05) is 25.5 Å². The van der Waals surface area contributed by atoms with Gasteiger partial charge in [-0.25, -0.2) is 0 Å². The second-order valence-electron chi connectivity index (χ2n) is 4.34. The highest BCUT2D eigenvalue weighted by Gasteiger charge is 2.01. The standard InChI is InChI=1S/C12H21N3/c1-9(2)13-7-10(3)6-12-8-14-15(5)11(12)4/h6,8-9,13H,7H2,1-5H3. The largest absolute Gasteiger partial charge is 0.311 e. The first-order chi connectivity index (χ1) is 7.00. The summed E-state index contributed by atoms with van der Waals surface area (Å²) in [5.41, 5.74) is 3.75. The van der Waals surface area contributed by atoms with Gasteiger partial charge in [-0.15, -0.1) is 0 Å². The molecular weight excluding hydrogens is 186 g/mol. The van der Waals surface area contributed by atoms with Gasteiger partial charge >= 0.3 is 0 Å². The molecule has 0 bridgehead atoms. The molecule has 3 nitrogen and oxygen atoms in total. The lowest BCUT2D eigenvalue weighted by Gasteiger charge is -2.07. The van der Waals surface area contributed by atoms with Crippen molar-refractivity contribution in [2.75, 3.05) is 6.54 Å². The molecule has 1 N–H and O–H groups in total. The Morgan fingerprint density at radius 3 is 2.73 bits per heavy atom. The third-order valence-corrected chi connectivity index (χ3v) is 2.46. The van der Waals surface area contributed by atoms with Gasteiger partial charge < -0.3 is 5.32 Å². The van der Waals surface area contributed by atoms with E-state index in [1.165, 1.54) is 16.8 Å². The van der Waals surface area contributed by atoms with Gasteiger partial charge in [-0.2, -0.15) is 5.10 Å². The quantitative estimate of drug-likeness (QED) is 0.819. The molecular formula is C12H21N3. The summed E-state index contributed by atoms with van der Waals surface area (Å²) in [6.45, 7) is 9.47. The molecule has 15 heavy (non-hydrogen) atoms. The minimum Gasteiger partial charge on any atom is -0.311 e. The van der Waals surface area contributed by atoms with E-state index in [1.807, 2.05) is 17.9 Å². The summed E-state index contributed by atoms with van der Waals surface area (Å²) in [6.07, 6.45) is 4.10. The summed E-state index contributed by atoms with van der Waals surface area (Å²) in [5, 5.41) is 7.61. The Bertz CT molecular complexity index is 348. The molecule has 0 spiro atoms. The topological polar surface area (TPSA) is 29.9 Å². The molecule has 0 aromatic carbocycles. The Morgan fingerprint density at radius 2 is 2.27 bits per heavy atom. The number of nitrogens with zero attached hydrogens (tertiary/aromatic N) is 2. The van der Waals surface area contributed by atoms with Crippen molar-refractivity contribution in [3.05, 3.63) is 23.0 Å². The number of aromatic nitrogens is 2. The minimum absolute atomic E-state index is 0.531. The molecule has 84 valence electrons. The summed E-state index contributed by atoms with van der Waals surface area (Å²) < 4.78 is 1.90. The van der Waals surface area contributed by atoms with Crippen LogP contribution in [0.2, 0.25) is 0 Å². The molecule has 0 saturated heterocycles. The van der Waals surface area contributed by atoms with Crippen LogP contribution in [-0.2, 0) is 7.05 Å². The van der Waals surface area contributed by atoms with Gasteiger partial charge in [0.2, 0.25) is 0 Å². The smallest absolute Gasteiger partial charge is 0.0564 e. The van der Waals surface area contributed by atoms with Crippen LogP contribution < -0.4 is 5.32 Å². The van der Waals surface area contributed by atoms with E-state index in [0.29, 0.717) is 6.04 Å². The highest BCUT2D eigenvalue weighted by atomic mass is 15.3. The molecule has 1 aromatic heterocycles. The van der Waals surface area contributed by atoms with Crippen molar-refractivity contribution in [3.8, 4) is 0 Å². The first-order valence-electron chi connectivity index (χ1n) is 5.40. The van der Waals surface area contributed by atoms with E-state index < -0.39 is 0 Å². The summed E-state index contributed by atoms with van der Waals surface area (Å²) in [5.74, 6) is 0. The van der Waals surface area contributed by atoms with Crippen LogP contribution in [0.5, 0.6) is 0 Å². The van der Waals surface area contributed by atoms with Crippen LogP contribution in [0.15, 0.2) is 11.8 Å². The predicted molar refractivity (Wildman–Crippen MR) is 64.7 cm³/mol. The molecule has 1 rings (SSSR count). The van der Waals surface area contributed by atoms with Gasteiger partial charge in [0.1, 0.15) is 0 Å². The Balaban J connectivity index is 2.66. The number of rotatable bonds is 4. The van der Waals surface area contributed by atoms with Crippen molar-refractivity contribution < 1.29 is 0 Å². The number of nitrogens with one attached hydrogen (secondary N) is 1. The summed E-state index contributed by atoms with van der Waals surface area (Å²) in [7, 11) is 1.97. The van der Waals surface area contributed by atoms with E-state index in [-0.39, 0.29) is 0 Å². The van der Waals surface area contributed by atoms with Crippen LogP contribution in [0.3, 0.4) is 0 Å². The lowest BCUT2D eigenvalue weighted by Crippen LogP contribution is -2.24. The molecule has 0 radical (unpaired) electrons. The van der Waals surface area contributed by atoms with E-state index in [1.54, 1.807) is 0 Å². The van der Waals surface area contributed by atoms with Crippen molar-refractivity contribution in [1.29, 1.82) is 0 Å². The van der Waals surface area contributed by atoms with Crippen LogP contribution in [0.1, 0.15) is 32.0 Å². The highest BCUT2D eigenvalue weighted by molar-refractivity contribution is 5.54. The van der Waals surface area contributed by atoms with Gasteiger partial charge in [0.25, 0.3) is 0 Å².